The average Bonchev–Trinajstić information content (AvgIpc) is 2.79. The lowest BCUT2D eigenvalue weighted by Crippen LogP contribution is -2.38. The van der Waals surface area contributed by atoms with E-state index in [1.165, 1.54) is 12.0 Å². The Morgan fingerprint density at radius 3 is 2.84 bits per heavy atom. The zero-order chi connectivity index (χ0) is 13.7. The van der Waals surface area contributed by atoms with Crippen molar-refractivity contribution in [1.82, 2.24) is 10.4 Å². The second-order valence-corrected chi connectivity index (χ2v) is 4.44. The molecule has 0 unspecified atom stereocenters. The largest absolute Gasteiger partial charge is 0.445 e. The lowest BCUT2D eigenvalue weighted by atomic mass is 10.2. The molecule has 2 N–H and O–H groups in total. The van der Waals surface area contributed by atoms with Gasteiger partial charge in [0.2, 0.25) is 0 Å². The van der Waals surface area contributed by atoms with Crippen LogP contribution in [0.4, 0.5) is 4.79 Å². The average molecular weight is 266 g/mol. The van der Waals surface area contributed by atoms with Gasteiger partial charge < -0.3 is 19.6 Å². The SMILES string of the molecule is CON[C@@H]1CN(C(=O)OCc2ccccc2)C[C@H]1O. The number of nitrogens with zero attached hydrogens (tertiary/aromatic N) is 1. The van der Waals surface area contributed by atoms with Crippen LogP contribution in [0.1, 0.15) is 5.56 Å². The normalized spacial score (nSPS) is 22.5. The minimum Gasteiger partial charge on any atom is -0.445 e. The first-order valence-corrected chi connectivity index (χ1v) is 6.13. The Hall–Kier alpha value is -1.63. The summed E-state index contributed by atoms with van der Waals surface area (Å²) in [7, 11) is 1.48. The van der Waals surface area contributed by atoms with Crippen molar-refractivity contribution < 1.29 is 19.5 Å². The van der Waals surface area contributed by atoms with Gasteiger partial charge >= 0.3 is 6.09 Å². The van der Waals surface area contributed by atoms with Crippen LogP contribution in [0.5, 0.6) is 0 Å². The first-order chi connectivity index (χ1) is 9.20. The molecule has 104 valence electrons. The number of hydroxylamine groups is 1. The van der Waals surface area contributed by atoms with Crippen LogP contribution in [0.15, 0.2) is 30.3 Å². The monoisotopic (exact) mass is 266 g/mol. The molecule has 6 nitrogen and oxygen atoms in total. The van der Waals surface area contributed by atoms with Crippen molar-refractivity contribution in [1.29, 1.82) is 0 Å². The number of rotatable bonds is 4. The standard InChI is InChI=1S/C13H18N2O4/c1-18-14-11-7-15(8-12(11)16)13(17)19-9-10-5-3-2-4-6-10/h2-6,11-12,14,16H,7-9H2,1H3/t11-,12-/m1/s1. The van der Waals surface area contributed by atoms with E-state index >= 15 is 0 Å². The van der Waals surface area contributed by atoms with E-state index in [4.69, 9.17) is 9.57 Å². The molecule has 1 aliphatic heterocycles. The van der Waals surface area contributed by atoms with E-state index < -0.39 is 12.2 Å². The van der Waals surface area contributed by atoms with E-state index in [1.807, 2.05) is 30.3 Å². The summed E-state index contributed by atoms with van der Waals surface area (Å²) < 4.78 is 5.19. The summed E-state index contributed by atoms with van der Waals surface area (Å²) in [6.07, 6.45) is -1.08. The summed E-state index contributed by atoms with van der Waals surface area (Å²) in [5.41, 5.74) is 3.59. The molecule has 1 aromatic rings. The minimum atomic E-state index is -0.649. The fourth-order valence-corrected chi connectivity index (χ4v) is 2.01. The van der Waals surface area contributed by atoms with E-state index in [1.54, 1.807) is 0 Å². The first kappa shape index (κ1) is 13.8. The zero-order valence-electron chi connectivity index (χ0n) is 10.8. The lowest BCUT2D eigenvalue weighted by molar-refractivity contribution is 0.0259. The Labute approximate surface area is 111 Å². The summed E-state index contributed by atoms with van der Waals surface area (Å²) >= 11 is 0. The fraction of sp³-hybridized carbons (Fsp3) is 0.462. The van der Waals surface area contributed by atoms with Crippen molar-refractivity contribution >= 4 is 6.09 Å². The Morgan fingerprint density at radius 2 is 2.16 bits per heavy atom. The van der Waals surface area contributed by atoms with Gasteiger partial charge in [-0.3, -0.25) is 0 Å². The number of amides is 1. The Morgan fingerprint density at radius 1 is 1.42 bits per heavy atom. The number of ether oxygens (including phenoxy) is 1. The van der Waals surface area contributed by atoms with Crippen LogP contribution in [0.2, 0.25) is 0 Å². The second kappa shape index (κ2) is 6.51. The fourth-order valence-electron chi connectivity index (χ4n) is 2.01. The number of carbonyl (C=O) groups is 1. The summed E-state index contributed by atoms with van der Waals surface area (Å²) in [6, 6.07) is 9.18. The molecule has 2 rings (SSSR count). The molecule has 19 heavy (non-hydrogen) atoms. The van der Waals surface area contributed by atoms with Gasteiger partial charge in [-0.05, 0) is 5.56 Å². The van der Waals surface area contributed by atoms with E-state index in [9.17, 15) is 9.90 Å². The molecule has 0 aromatic heterocycles. The summed E-state index contributed by atoms with van der Waals surface area (Å²) in [6.45, 7) is 0.839. The first-order valence-electron chi connectivity index (χ1n) is 6.13. The number of benzene rings is 1. The van der Waals surface area contributed by atoms with Gasteiger partial charge in [-0.2, -0.15) is 5.48 Å². The second-order valence-electron chi connectivity index (χ2n) is 4.44. The molecule has 0 aliphatic carbocycles. The molecule has 1 fully saturated rings. The number of hydrogen-bond acceptors (Lipinski definition) is 5. The van der Waals surface area contributed by atoms with Crippen molar-refractivity contribution in [2.75, 3.05) is 20.2 Å². The molecule has 1 saturated heterocycles. The van der Waals surface area contributed by atoms with E-state index in [-0.39, 0.29) is 19.2 Å². The molecule has 2 atom stereocenters. The van der Waals surface area contributed by atoms with Crippen LogP contribution in [0.25, 0.3) is 0 Å². The van der Waals surface area contributed by atoms with Gasteiger partial charge in [0.15, 0.2) is 0 Å². The quantitative estimate of drug-likeness (QED) is 0.777. The maximum Gasteiger partial charge on any atom is 0.410 e. The van der Waals surface area contributed by atoms with E-state index in [0.29, 0.717) is 6.54 Å². The predicted molar refractivity (Wildman–Crippen MR) is 68.1 cm³/mol. The van der Waals surface area contributed by atoms with Gasteiger partial charge in [0, 0.05) is 6.54 Å². The highest BCUT2D eigenvalue weighted by atomic mass is 16.6. The van der Waals surface area contributed by atoms with Crippen LogP contribution in [-0.2, 0) is 16.2 Å². The number of likely N-dealkylation sites (tertiary alicyclic amines) is 1. The summed E-state index contributed by atoms with van der Waals surface area (Å²) in [4.78, 5) is 18.1. The van der Waals surface area contributed by atoms with Gasteiger partial charge in [-0.15, -0.1) is 0 Å². The molecule has 0 spiro atoms. The predicted octanol–water partition coefficient (Wildman–Crippen LogP) is 0.519. The van der Waals surface area contributed by atoms with Crippen LogP contribution >= 0.6 is 0 Å². The lowest BCUT2D eigenvalue weighted by Gasteiger charge is -2.16. The number of aliphatic hydroxyl groups is 1. The minimum absolute atomic E-state index is 0.231. The third-order valence-electron chi connectivity index (χ3n) is 3.02. The highest BCUT2D eigenvalue weighted by Crippen LogP contribution is 2.12. The maximum atomic E-state index is 11.8. The third kappa shape index (κ3) is 3.66. The van der Waals surface area contributed by atoms with Crippen molar-refractivity contribution in [3.8, 4) is 0 Å². The molecule has 6 heteroatoms. The molecule has 1 aromatic carbocycles. The molecular weight excluding hydrogens is 248 g/mol. The Kier molecular flexibility index (Phi) is 4.73. The number of nitrogens with one attached hydrogen (secondary N) is 1. The number of β-amino-alcohol motifs (C(OH)–C–C–N with tert-alkyl or cyclic N) is 1. The summed E-state index contributed by atoms with van der Waals surface area (Å²) in [5, 5.41) is 9.73. The van der Waals surface area contributed by atoms with Crippen LogP contribution in [0.3, 0.4) is 0 Å². The molecule has 1 aliphatic rings. The molecule has 1 heterocycles. The molecular formula is C13H18N2O4. The van der Waals surface area contributed by atoms with Crippen molar-refractivity contribution in [2.45, 2.75) is 18.8 Å². The van der Waals surface area contributed by atoms with Gasteiger partial charge in [0.25, 0.3) is 0 Å². The molecule has 0 bridgehead atoms. The van der Waals surface area contributed by atoms with Gasteiger partial charge in [-0.25, -0.2) is 4.79 Å². The van der Waals surface area contributed by atoms with Gasteiger partial charge in [0.05, 0.1) is 25.8 Å². The molecule has 0 saturated carbocycles. The highest BCUT2D eigenvalue weighted by Gasteiger charge is 2.34. The highest BCUT2D eigenvalue weighted by molar-refractivity contribution is 5.68. The van der Waals surface area contributed by atoms with Crippen molar-refractivity contribution in [3.63, 3.8) is 0 Å². The molecule has 1 amide bonds. The molecule has 0 radical (unpaired) electrons. The van der Waals surface area contributed by atoms with Crippen molar-refractivity contribution in [3.05, 3.63) is 35.9 Å². The Bertz CT molecular complexity index is 412. The number of aliphatic hydroxyl groups excluding tert-OH is 1. The third-order valence-corrected chi connectivity index (χ3v) is 3.02. The smallest absolute Gasteiger partial charge is 0.410 e. The summed E-state index contributed by atoms with van der Waals surface area (Å²) in [5.74, 6) is 0. The van der Waals surface area contributed by atoms with Crippen LogP contribution in [0, 0.1) is 0 Å². The van der Waals surface area contributed by atoms with Crippen molar-refractivity contribution in [2.24, 2.45) is 0 Å². The van der Waals surface area contributed by atoms with Gasteiger partial charge in [0.1, 0.15) is 6.61 Å². The van der Waals surface area contributed by atoms with Crippen LogP contribution < -0.4 is 5.48 Å². The Balaban J connectivity index is 1.81. The maximum absolute atomic E-state index is 11.8. The topological polar surface area (TPSA) is 71.0 Å². The zero-order valence-corrected chi connectivity index (χ0v) is 10.8. The number of hydrogen-bond donors (Lipinski definition) is 2. The van der Waals surface area contributed by atoms with Crippen LogP contribution in [-0.4, -0.2) is 48.4 Å². The number of carbonyl (C=O) groups excluding carboxylic acids is 1. The van der Waals surface area contributed by atoms with E-state index in [2.05, 4.69) is 5.48 Å². The van der Waals surface area contributed by atoms with E-state index in [0.717, 1.165) is 5.56 Å². The van der Waals surface area contributed by atoms with Gasteiger partial charge in [-0.1, -0.05) is 30.3 Å².